The van der Waals surface area contributed by atoms with Gasteiger partial charge in [-0.25, -0.2) is 9.18 Å². The number of urea groups is 1. The number of hydrogen-bond donors (Lipinski definition) is 2. The highest BCUT2D eigenvalue weighted by Crippen LogP contribution is 2.25. The van der Waals surface area contributed by atoms with E-state index in [1.165, 1.54) is 23.1 Å². The molecule has 1 aliphatic rings. The molecule has 5 nitrogen and oxygen atoms in total. The zero-order valence-corrected chi connectivity index (χ0v) is 12.6. The Hall–Kier alpha value is -2.13. The maximum Gasteiger partial charge on any atom is 0.317 e. The average Bonchev–Trinajstić information content (AvgIpc) is 2.91. The molecule has 2 atom stereocenters. The predicted molar refractivity (Wildman–Crippen MR) is 79.3 cm³/mol. The fraction of sp³-hybridized carbons (Fsp3) is 0.500. The van der Waals surface area contributed by atoms with Crippen LogP contribution in [0.4, 0.5) is 9.18 Å². The highest BCUT2D eigenvalue weighted by atomic mass is 19.1. The zero-order valence-electron chi connectivity index (χ0n) is 12.6. The molecule has 118 valence electrons. The molecule has 0 radical (unpaired) electrons. The summed E-state index contributed by atoms with van der Waals surface area (Å²) in [5.74, 6) is -0.345. The summed E-state index contributed by atoms with van der Waals surface area (Å²) in [5, 5.41) is 21.2. The molecule has 6 heteroatoms. The molecule has 0 aromatic heterocycles. The molecule has 1 saturated carbocycles. The second kappa shape index (κ2) is 7.23. The van der Waals surface area contributed by atoms with E-state index in [-0.39, 0.29) is 30.2 Å². The SMILES string of the molecule is CN(CC1CCCC1O)C(=O)NCc1cc(C#N)ccc1F. The number of nitriles is 1. The first kappa shape index (κ1) is 16.2. The first-order chi connectivity index (χ1) is 10.5. The molecule has 2 N–H and O–H groups in total. The lowest BCUT2D eigenvalue weighted by molar-refractivity contribution is 0.114. The minimum absolute atomic E-state index is 0.0255. The fourth-order valence-corrected chi connectivity index (χ4v) is 2.75. The van der Waals surface area contributed by atoms with Crippen molar-refractivity contribution in [1.29, 1.82) is 5.26 Å². The normalized spacial score (nSPS) is 20.5. The van der Waals surface area contributed by atoms with E-state index >= 15 is 0 Å². The highest BCUT2D eigenvalue weighted by Gasteiger charge is 2.27. The molecular formula is C16H20FN3O2. The van der Waals surface area contributed by atoms with Crippen molar-refractivity contribution in [3.8, 4) is 6.07 Å². The third-order valence-electron chi connectivity index (χ3n) is 4.08. The lowest BCUT2D eigenvalue weighted by Crippen LogP contribution is -2.41. The minimum atomic E-state index is -0.451. The van der Waals surface area contributed by atoms with Gasteiger partial charge >= 0.3 is 6.03 Å². The Kier molecular flexibility index (Phi) is 5.34. The monoisotopic (exact) mass is 305 g/mol. The summed E-state index contributed by atoms with van der Waals surface area (Å²) in [5.41, 5.74) is 0.634. The summed E-state index contributed by atoms with van der Waals surface area (Å²) >= 11 is 0. The van der Waals surface area contributed by atoms with Crippen LogP contribution in [0.5, 0.6) is 0 Å². The Bertz CT molecular complexity index is 585. The van der Waals surface area contributed by atoms with Gasteiger partial charge < -0.3 is 15.3 Å². The average molecular weight is 305 g/mol. The number of benzene rings is 1. The van der Waals surface area contributed by atoms with Crippen molar-refractivity contribution in [1.82, 2.24) is 10.2 Å². The maximum atomic E-state index is 13.6. The number of hydrogen-bond acceptors (Lipinski definition) is 3. The minimum Gasteiger partial charge on any atom is -0.393 e. The lowest BCUT2D eigenvalue weighted by atomic mass is 10.1. The zero-order chi connectivity index (χ0) is 16.1. The Morgan fingerprint density at radius 1 is 1.55 bits per heavy atom. The third kappa shape index (κ3) is 3.95. The molecule has 2 amide bonds. The van der Waals surface area contributed by atoms with Crippen LogP contribution in [0.25, 0.3) is 0 Å². The second-order valence-corrected chi connectivity index (χ2v) is 5.72. The van der Waals surface area contributed by atoms with E-state index in [1.54, 1.807) is 7.05 Å². The van der Waals surface area contributed by atoms with Crippen molar-refractivity contribution in [3.05, 3.63) is 35.1 Å². The number of carbonyl (C=O) groups is 1. The molecule has 0 aliphatic heterocycles. The molecule has 1 aromatic rings. The summed E-state index contributed by atoms with van der Waals surface area (Å²) in [6.07, 6.45) is 2.33. The number of halogens is 1. The number of rotatable bonds is 4. The number of aliphatic hydroxyl groups excluding tert-OH is 1. The molecule has 0 heterocycles. The van der Waals surface area contributed by atoms with E-state index in [4.69, 9.17) is 5.26 Å². The van der Waals surface area contributed by atoms with Gasteiger partial charge in [0.15, 0.2) is 0 Å². The first-order valence-corrected chi connectivity index (χ1v) is 7.37. The lowest BCUT2D eigenvalue weighted by Gasteiger charge is -2.23. The Morgan fingerprint density at radius 2 is 2.32 bits per heavy atom. The van der Waals surface area contributed by atoms with Crippen molar-refractivity contribution < 1.29 is 14.3 Å². The van der Waals surface area contributed by atoms with Crippen LogP contribution in [-0.4, -0.2) is 35.7 Å². The summed E-state index contributed by atoms with van der Waals surface area (Å²) < 4.78 is 13.6. The van der Waals surface area contributed by atoms with E-state index in [2.05, 4.69) is 5.32 Å². The van der Waals surface area contributed by atoms with Gasteiger partial charge in [-0.2, -0.15) is 5.26 Å². The summed E-state index contributed by atoms with van der Waals surface area (Å²) in [6, 6.07) is 5.67. The standard InChI is InChI=1S/C16H20FN3O2/c1-20(10-12-3-2-4-15(12)21)16(22)19-9-13-7-11(8-18)5-6-14(13)17/h5-7,12,15,21H,2-4,9-10H2,1H3,(H,19,22). The van der Waals surface area contributed by atoms with E-state index in [0.717, 1.165) is 19.3 Å². The summed E-state index contributed by atoms with van der Waals surface area (Å²) in [4.78, 5) is 13.5. The van der Waals surface area contributed by atoms with E-state index < -0.39 is 5.82 Å². The van der Waals surface area contributed by atoms with Crippen molar-refractivity contribution in [2.75, 3.05) is 13.6 Å². The van der Waals surface area contributed by atoms with Gasteiger partial charge in [0, 0.05) is 31.6 Å². The smallest absolute Gasteiger partial charge is 0.317 e. The second-order valence-electron chi connectivity index (χ2n) is 5.72. The Morgan fingerprint density at radius 3 is 2.95 bits per heavy atom. The summed E-state index contributed by atoms with van der Waals surface area (Å²) in [6.45, 7) is 0.505. The van der Waals surface area contributed by atoms with Crippen LogP contribution >= 0.6 is 0 Å². The molecule has 1 aliphatic carbocycles. The molecule has 0 spiro atoms. The Labute approximate surface area is 129 Å². The fourth-order valence-electron chi connectivity index (χ4n) is 2.75. The van der Waals surface area contributed by atoms with Crippen LogP contribution in [0.3, 0.4) is 0 Å². The molecule has 22 heavy (non-hydrogen) atoms. The van der Waals surface area contributed by atoms with Crippen LogP contribution in [0.15, 0.2) is 18.2 Å². The number of amides is 2. The molecule has 2 rings (SSSR count). The van der Waals surface area contributed by atoms with Crippen molar-refractivity contribution in [3.63, 3.8) is 0 Å². The van der Waals surface area contributed by atoms with Crippen molar-refractivity contribution in [2.24, 2.45) is 5.92 Å². The topological polar surface area (TPSA) is 76.4 Å². The van der Waals surface area contributed by atoms with Crippen LogP contribution in [0.2, 0.25) is 0 Å². The molecule has 0 saturated heterocycles. The van der Waals surface area contributed by atoms with E-state index in [9.17, 15) is 14.3 Å². The van der Waals surface area contributed by atoms with Gasteiger partial charge in [-0.3, -0.25) is 0 Å². The molecule has 2 unspecified atom stereocenters. The van der Waals surface area contributed by atoms with Gasteiger partial charge in [0.1, 0.15) is 5.82 Å². The predicted octanol–water partition coefficient (Wildman–Crippen LogP) is 2.00. The summed E-state index contributed by atoms with van der Waals surface area (Å²) in [7, 11) is 1.66. The maximum absolute atomic E-state index is 13.6. The Balaban J connectivity index is 1.88. The third-order valence-corrected chi connectivity index (χ3v) is 4.08. The van der Waals surface area contributed by atoms with E-state index in [0.29, 0.717) is 12.1 Å². The van der Waals surface area contributed by atoms with Crippen LogP contribution in [-0.2, 0) is 6.54 Å². The molecule has 1 aromatic carbocycles. The number of nitrogens with one attached hydrogen (secondary N) is 1. The van der Waals surface area contributed by atoms with Gasteiger partial charge in [-0.05, 0) is 31.0 Å². The molecular weight excluding hydrogens is 285 g/mol. The first-order valence-electron chi connectivity index (χ1n) is 7.37. The van der Waals surface area contributed by atoms with Gasteiger partial charge in [0.2, 0.25) is 0 Å². The van der Waals surface area contributed by atoms with Gasteiger partial charge in [-0.1, -0.05) is 6.42 Å². The number of nitrogens with zero attached hydrogens (tertiary/aromatic N) is 2. The molecule has 1 fully saturated rings. The number of carbonyl (C=O) groups excluding carboxylic acids is 1. The highest BCUT2D eigenvalue weighted by molar-refractivity contribution is 5.73. The number of aliphatic hydroxyl groups is 1. The van der Waals surface area contributed by atoms with Crippen LogP contribution in [0.1, 0.15) is 30.4 Å². The van der Waals surface area contributed by atoms with Crippen molar-refractivity contribution >= 4 is 6.03 Å². The van der Waals surface area contributed by atoms with Crippen LogP contribution in [0, 0.1) is 23.1 Å². The van der Waals surface area contributed by atoms with Crippen molar-refractivity contribution in [2.45, 2.75) is 31.9 Å². The van der Waals surface area contributed by atoms with Gasteiger partial charge in [0.05, 0.1) is 17.7 Å². The van der Waals surface area contributed by atoms with E-state index in [1.807, 2.05) is 6.07 Å². The van der Waals surface area contributed by atoms with Gasteiger partial charge in [-0.15, -0.1) is 0 Å². The quantitative estimate of drug-likeness (QED) is 0.893. The van der Waals surface area contributed by atoms with Crippen LogP contribution < -0.4 is 5.32 Å². The van der Waals surface area contributed by atoms with Gasteiger partial charge in [0.25, 0.3) is 0 Å². The largest absolute Gasteiger partial charge is 0.393 e. The molecule has 0 bridgehead atoms.